The summed E-state index contributed by atoms with van der Waals surface area (Å²) in [5.74, 6) is 1.87. The first-order chi connectivity index (χ1) is 34.3. The molecular weight excluding hydrogens is 903 g/mol. The van der Waals surface area contributed by atoms with Crippen molar-refractivity contribution in [3.63, 3.8) is 0 Å². The predicted octanol–water partition coefficient (Wildman–Crippen LogP) is 3.74. The van der Waals surface area contributed by atoms with Gasteiger partial charge in [0.2, 0.25) is 0 Å². The molecule has 0 radical (unpaired) electrons. The Bertz CT molecular complexity index is 2730. The Morgan fingerprint density at radius 3 is 2.55 bits per heavy atom. The molecule has 9 rings (SSSR count). The van der Waals surface area contributed by atoms with Crippen LogP contribution in [0.2, 0.25) is 0 Å². The van der Waals surface area contributed by atoms with Crippen molar-refractivity contribution in [2.45, 2.75) is 101 Å². The quantitative estimate of drug-likeness (QED) is 0.0401. The monoisotopic (exact) mass is 976 g/mol. The summed E-state index contributed by atoms with van der Waals surface area (Å²) >= 11 is 0. The fourth-order valence-electron chi connectivity index (χ4n) is 12.1. The molecule has 0 spiro atoms. The molecule has 5 aliphatic rings. The molecule has 0 saturated carbocycles. The van der Waals surface area contributed by atoms with Crippen molar-refractivity contribution in [1.29, 1.82) is 0 Å². The van der Waals surface area contributed by atoms with Gasteiger partial charge in [-0.05, 0) is 152 Å². The summed E-state index contributed by atoms with van der Waals surface area (Å²) in [7, 11) is 3.79. The van der Waals surface area contributed by atoms with Crippen LogP contribution in [0.15, 0.2) is 53.0 Å². The number of aliphatic hydroxyl groups excluding tert-OH is 3. The van der Waals surface area contributed by atoms with Crippen LogP contribution in [0.4, 0.5) is 0 Å². The van der Waals surface area contributed by atoms with Crippen molar-refractivity contribution in [2.24, 2.45) is 10.9 Å². The predicted molar refractivity (Wildman–Crippen MR) is 273 cm³/mol. The third kappa shape index (κ3) is 10.1. The standard InChI is InChI=1S/C56H73N5O10/c1-32(2)24-55(3,67)28-59-30-60-29-56(69-31-58-5)25-44-41-23-43-48(34-8-12-45-33(19-34)14-15-61-45)37(26-57-4)21-42-46(65)13-11-39(49(42)43)50(41)53-40(10-9-38(27-64)70-53)52(44)71-54(56)36-20-35(7-6-16-62)51(66)47(22-36)68-18-17-63/h8,11-14,19-22,32,38,43,48,54,57-60,62-67H,6-7,9-10,15-18,23-31H2,1-5H3/t38-,43-,48+,54-,55+,56+/m1/s1. The molecule has 0 amide bonds. The van der Waals surface area contributed by atoms with Crippen molar-refractivity contribution < 1.29 is 49.6 Å². The van der Waals surface area contributed by atoms with Crippen molar-refractivity contribution >= 4 is 12.2 Å². The smallest absolute Gasteiger partial charge is 0.161 e. The van der Waals surface area contributed by atoms with Crippen molar-refractivity contribution in [2.75, 3.05) is 80.1 Å². The first kappa shape index (κ1) is 50.9. The van der Waals surface area contributed by atoms with Crippen molar-refractivity contribution in [3.05, 3.63) is 103 Å². The van der Waals surface area contributed by atoms with Gasteiger partial charge in [-0.2, -0.15) is 0 Å². The first-order valence-corrected chi connectivity index (χ1v) is 25.5. The van der Waals surface area contributed by atoms with E-state index < -0.39 is 23.4 Å². The van der Waals surface area contributed by atoms with E-state index in [-0.39, 0.29) is 62.2 Å². The summed E-state index contributed by atoms with van der Waals surface area (Å²) in [6.45, 7) is 7.96. The van der Waals surface area contributed by atoms with E-state index >= 15 is 0 Å². The zero-order valence-electron chi connectivity index (χ0n) is 41.9. The van der Waals surface area contributed by atoms with Crippen LogP contribution in [-0.4, -0.2) is 128 Å². The highest BCUT2D eigenvalue weighted by Crippen LogP contribution is 2.61. The number of hydrogen-bond acceptors (Lipinski definition) is 15. The molecule has 0 aromatic heterocycles. The normalized spacial score (nSPS) is 22.4. The SMILES string of the molecule is CNCO[C@]1(CNCNC[C@@](C)(O)CC(C)C)Cc2c3c(c4c(c2O[C@@H]1c1cc(CCCO)c(O)c(OCCO)c1)CC[C@H](CO)O4)-c1ccc(O)c2c1[C@H](C3)[C@@H](c1ccc3c(c1)=CCN=3)C(CNC)=C2. The number of phenolic OH excluding ortho intramolecular Hbond substituents is 2. The highest BCUT2D eigenvalue weighted by Gasteiger charge is 2.51. The average molecular weight is 976 g/mol. The van der Waals surface area contributed by atoms with Crippen LogP contribution in [0.3, 0.4) is 0 Å². The van der Waals surface area contributed by atoms with Gasteiger partial charge in [0.25, 0.3) is 0 Å². The molecule has 4 aromatic rings. The maximum atomic E-state index is 11.7. The molecule has 0 unspecified atom stereocenters. The molecule has 0 saturated heterocycles. The average Bonchev–Trinajstić information content (AvgIpc) is 3.83. The van der Waals surface area contributed by atoms with Crippen LogP contribution in [-0.2, 0) is 30.4 Å². The number of ether oxygens (including phenoxy) is 4. The summed E-state index contributed by atoms with van der Waals surface area (Å²) in [5, 5.41) is 80.7. The summed E-state index contributed by atoms with van der Waals surface area (Å²) in [6.07, 6.45) is 6.60. The minimum Gasteiger partial charge on any atom is -0.507 e. The fraction of sp³-hybridized carbons (Fsp3) is 0.518. The summed E-state index contributed by atoms with van der Waals surface area (Å²) in [5.41, 5.74) is 8.28. The minimum absolute atomic E-state index is 0.0452. The van der Waals surface area contributed by atoms with Crippen molar-refractivity contribution in [3.8, 4) is 39.9 Å². The zero-order chi connectivity index (χ0) is 50.0. The molecule has 4 aromatic carbocycles. The number of rotatable bonds is 22. The lowest BCUT2D eigenvalue weighted by molar-refractivity contribution is -0.129. The highest BCUT2D eigenvalue weighted by molar-refractivity contribution is 5.89. The largest absolute Gasteiger partial charge is 0.507 e. The third-order valence-electron chi connectivity index (χ3n) is 14.9. The van der Waals surface area contributed by atoms with Gasteiger partial charge < -0.3 is 65.5 Å². The molecule has 2 aliphatic carbocycles. The highest BCUT2D eigenvalue weighted by atomic mass is 16.6. The van der Waals surface area contributed by atoms with E-state index in [0.717, 1.165) is 55.1 Å². The number of phenols is 2. The molecule has 3 heterocycles. The minimum atomic E-state index is -1.12. The molecule has 3 aliphatic heterocycles. The topological polar surface area (TPSA) is 219 Å². The number of aliphatic hydroxyl groups is 4. The first-order valence-electron chi connectivity index (χ1n) is 25.5. The molecule has 71 heavy (non-hydrogen) atoms. The van der Waals surface area contributed by atoms with E-state index in [1.165, 1.54) is 5.56 Å². The molecule has 10 N–H and O–H groups in total. The molecule has 382 valence electrons. The van der Waals surface area contributed by atoms with E-state index in [1.807, 2.05) is 33.2 Å². The Hall–Kier alpha value is -5.07. The van der Waals surface area contributed by atoms with Gasteiger partial charge in [-0.3, -0.25) is 10.3 Å². The number of benzene rings is 4. The number of likely N-dealkylation sites (N-methyl/N-ethyl adjacent to an activating group) is 1. The summed E-state index contributed by atoms with van der Waals surface area (Å²) < 4.78 is 27.7. The fourth-order valence-corrected chi connectivity index (χ4v) is 12.1. The Labute approximate surface area is 416 Å². The molecule has 0 bridgehead atoms. The maximum Gasteiger partial charge on any atom is 0.161 e. The van der Waals surface area contributed by atoms with Crippen LogP contribution in [0.25, 0.3) is 23.3 Å². The van der Waals surface area contributed by atoms with E-state index in [0.29, 0.717) is 106 Å². The molecule has 15 nitrogen and oxygen atoms in total. The second kappa shape index (κ2) is 21.6. The number of nitrogens with one attached hydrogen (secondary N) is 4. The van der Waals surface area contributed by atoms with Gasteiger partial charge in [0.15, 0.2) is 17.6 Å². The van der Waals surface area contributed by atoms with E-state index in [9.17, 15) is 30.6 Å². The van der Waals surface area contributed by atoms with Gasteiger partial charge >= 0.3 is 0 Å². The number of nitrogens with zero attached hydrogens (tertiary/aromatic N) is 1. The molecule has 15 heteroatoms. The maximum absolute atomic E-state index is 11.7. The third-order valence-corrected chi connectivity index (χ3v) is 14.9. The lowest BCUT2D eigenvalue weighted by Crippen LogP contribution is -2.56. The van der Waals surface area contributed by atoms with Crippen LogP contribution < -0.4 is 46.1 Å². The number of aromatic hydroxyl groups is 2. The summed E-state index contributed by atoms with van der Waals surface area (Å²) in [6, 6.07) is 14.1. The van der Waals surface area contributed by atoms with Crippen LogP contribution >= 0.6 is 0 Å². The number of fused-ring (bicyclic) bond motifs is 8. The van der Waals surface area contributed by atoms with E-state index in [4.69, 9.17) is 23.9 Å². The second-order valence-electron chi connectivity index (χ2n) is 20.7. The van der Waals surface area contributed by atoms with Crippen LogP contribution in [0.1, 0.15) is 102 Å². The summed E-state index contributed by atoms with van der Waals surface area (Å²) in [4.78, 5) is 4.70. The van der Waals surface area contributed by atoms with Gasteiger partial charge in [-0.15, -0.1) is 0 Å². The Morgan fingerprint density at radius 2 is 1.79 bits per heavy atom. The van der Waals surface area contributed by atoms with Gasteiger partial charge in [0.1, 0.15) is 35.6 Å². The van der Waals surface area contributed by atoms with Crippen LogP contribution in [0, 0.1) is 5.92 Å². The molecule has 0 fully saturated rings. The lowest BCUT2D eigenvalue weighted by Gasteiger charge is -2.48. The number of aryl methyl sites for hydroxylation is 1. The Morgan fingerprint density at radius 1 is 0.944 bits per heavy atom. The lowest BCUT2D eigenvalue weighted by atomic mass is 9.62. The Balaban J connectivity index is 1.25. The van der Waals surface area contributed by atoms with Gasteiger partial charge in [0.05, 0.1) is 37.4 Å². The molecular formula is C56H73N5O10. The van der Waals surface area contributed by atoms with Gasteiger partial charge in [0, 0.05) is 67.5 Å². The second-order valence-corrected chi connectivity index (χ2v) is 20.7. The number of hydrogen-bond donors (Lipinski definition) is 10. The van der Waals surface area contributed by atoms with Crippen LogP contribution in [0.5, 0.6) is 28.7 Å². The van der Waals surface area contributed by atoms with Gasteiger partial charge in [-0.25, -0.2) is 0 Å². The van der Waals surface area contributed by atoms with Gasteiger partial charge in [-0.1, -0.05) is 32.1 Å². The molecule has 6 atom stereocenters. The zero-order valence-corrected chi connectivity index (χ0v) is 41.9. The van der Waals surface area contributed by atoms with E-state index in [2.05, 4.69) is 65.5 Å². The van der Waals surface area contributed by atoms with Crippen molar-refractivity contribution in [1.82, 2.24) is 21.3 Å². The Kier molecular flexibility index (Phi) is 15.4. The van der Waals surface area contributed by atoms with E-state index in [1.54, 1.807) is 12.1 Å².